The van der Waals surface area contributed by atoms with Crippen LogP contribution in [-0.2, 0) is 16.0 Å². The van der Waals surface area contributed by atoms with E-state index in [1.807, 2.05) is 0 Å². The lowest BCUT2D eigenvalue weighted by Crippen LogP contribution is -2.16. The number of esters is 1. The van der Waals surface area contributed by atoms with Crippen molar-refractivity contribution in [2.45, 2.75) is 6.42 Å². The third-order valence-corrected chi connectivity index (χ3v) is 3.88. The highest BCUT2D eigenvalue weighted by molar-refractivity contribution is 6.51. The van der Waals surface area contributed by atoms with Gasteiger partial charge in [-0.15, -0.1) is 0 Å². The second-order valence-electron chi connectivity index (χ2n) is 3.24. The van der Waals surface area contributed by atoms with Crippen LogP contribution in [0.1, 0.15) is 15.9 Å². The molecular formula is C10H7Cl4NO3. The summed E-state index contributed by atoms with van der Waals surface area (Å²) in [7, 11) is 1.16. The Bertz CT molecular complexity index is 531. The molecule has 0 aliphatic carbocycles. The zero-order valence-electron chi connectivity index (χ0n) is 9.02. The number of amides is 1. The highest BCUT2D eigenvalue weighted by Gasteiger charge is 2.25. The topological polar surface area (TPSA) is 69.4 Å². The van der Waals surface area contributed by atoms with Gasteiger partial charge in [0.25, 0.3) is 0 Å². The number of halogens is 4. The summed E-state index contributed by atoms with van der Waals surface area (Å²) in [6, 6.07) is 0. The average molecular weight is 331 g/mol. The van der Waals surface area contributed by atoms with E-state index in [0.717, 1.165) is 7.11 Å². The fourth-order valence-corrected chi connectivity index (χ4v) is 2.50. The minimum absolute atomic E-state index is 0.0156. The Balaban J connectivity index is 3.59. The number of nitrogens with two attached hydrogens (primary N) is 1. The molecule has 1 amide bonds. The summed E-state index contributed by atoms with van der Waals surface area (Å²) in [4.78, 5) is 22.5. The SMILES string of the molecule is COC(=O)c1c(Cl)c(Cl)c(Cl)c(CC(N)=O)c1Cl. The molecule has 0 aromatic heterocycles. The molecule has 0 saturated heterocycles. The van der Waals surface area contributed by atoms with Gasteiger partial charge >= 0.3 is 5.97 Å². The molecule has 0 fully saturated rings. The van der Waals surface area contributed by atoms with E-state index in [1.54, 1.807) is 0 Å². The quantitative estimate of drug-likeness (QED) is 0.526. The standard InChI is InChI=1S/C10H7Cl4NO3/c1-18-10(17)5-6(11)3(2-4(15)16)7(12)9(14)8(5)13/h2H2,1H3,(H2,15,16). The monoisotopic (exact) mass is 329 g/mol. The van der Waals surface area contributed by atoms with Crippen molar-refractivity contribution in [1.82, 2.24) is 0 Å². The lowest BCUT2D eigenvalue weighted by atomic mass is 10.1. The first-order chi connectivity index (χ1) is 8.31. The van der Waals surface area contributed by atoms with Crippen LogP contribution in [0.2, 0.25) is 20.1 Å². The maximum Gasteiger partial charge on any atom is 0.340 e. The van der Waals surface area contributed by atoms with Crippen LogP contribution in [0.15, 0.2) is 0 Å². The third kappa shape index (κ3) is 2.83. The molecule has 18 heavy (non-hydrogen) atoms. The molecular weight excluding hydrogens is 324 g/mol. The van der Waals surface area contributed by atoms with Gasteiger partial charge in [0.1, 0.15) is 0 Å². The summed E-state index contributed by atoms with van der Waals surface area (Å²) in [5.74, 6) is -1.46. The Kier molecular flexibility index (Phi) is 5.10. The van der Waals surface area contributed by atoms with Crippen LogP contribution in [0.4, 0.5) is 0 Å². The summed E-state index contributed by atoms with van der Waals surface area (Å²) < 4.78 is 4.53. The summed E-state index contributed by atoms with van der Waals surface area (Å²) in [5, 5.41) is -0.329. The first-order valence-corrected chi connectivity index (χ1v) is 6.03. The van der Waals surface area contributed by atoms with Crippen LogP contribution in [-0.4, -0.2) is 19.0 Å². The van der Waals surface area contributed by atoms with Gasteiger partial charge in [-0.3, -0.25) is 4.79 Å². The smallest absolute Gasteiger partial charge is 0.340 e. The largest absolute Gasteiger partial charge is 0.465 e. The van der Waals surface area contributed by atoms with Gasteiger partial charge < -0.3 is 10.5 Å². The molecule has 0 aliphatic heterocycles. The molecule has 8 heteroatoms. The van der Waals surface area contributed by atoms with Crippen molar-refractivity contribution in [1.29, 1.82) is 0 Å². The van der Waals surface area contributed by atoms with Crippen molar-refractivity contribution in [3.63, 3.8) is 0 Å². The Labute approximate surface area is 123 Å². The Morgan fingerprint density at radius 3 is 2.06 bits per heavy atom. The van der Waals surface area contributed by atoms with Gasteiger partial charge in [-0.1, -0.05) is 46.4 Å². The Morgan fingerprint density at radius 2 is 1.61 bits per heavy atom. The zero-order chi connectivity index (χ0) is 14.0. The maximum absolute atomic E-state index is 11.5. The van der Waals surface area contributed by atoms with E-state index in [0.29, 0.717) is 0 Å². The van der Waals surface area contributed by atoms with Gasteiger partial charge in [0.05, 0.1) is 39.2 Å². The van der Waals surface area contributed by atoms with E-state index in [2.05, 4.69) is 4.74 Å². The molecule has 98 valence electrons. The van der Waals surface area contributed by atoms with Gasteiger partial charge in [-0.2, -0.15) is 0 Å². The fourth-order valence-electron chi connectivity index (χ4n) is 1.29. The number of ether oxygens (including phenoxy) is 1. The minimum atomic E-state index is -0.783. The highest BCUT2D eigenvalue weighted by Crippen LogP contribution is 2.41. The molecule has 1 aromatic rings. The molecule has 0 radical (unpaired) electrons. The molecule has 0 spiro atoms. The van der Waals surface area contributed by atoms with Crippen LogP contribution < -0.4 is 5.73 Å². The van der Waals surface area contributed by atoms with Crippen LogP contribution >= 0.6 is 46.4 Å². The first-order valence-electron chi connectivity index (χ1n) is 4.52. The maximum atomic E-state index is 11.5. The van der Waals surface area contributed by atoms with Gasteiger partial charge in [-0.25, -0.2) is 4.79 Å². The molecule has 0 saturated carbocycles. The van der Waals surface area contributed by atoms with Crippen molar-refractivity contribution < 1.29 is 14.3 Å². The number of carbonyl (C=O) groups is 2. The van der Waals surface area contributed by atoms with E-state index < -0.39 is 11.9 Å². The van der Waals surface area contributed by atoms with E-state index in [9.17, 15) is 9.59 Å². The molecule has 2 N–H and O–H groups in total. The molecule has 0 atom stereocenters. The average Bonchev–Trinajstić information content (AvgIpc) is 2.31. The Morgan fingerprint density at radius 1 is 1.06 bits per heavy atom. The van der Waals surface area contributed by atoms with Crippen LogP contribution in [0.3, 0.4) is 0 Å². The molecule has 0 heterocycles. The van der Waals surface area contributed by atoms with Gasteiger partial charge in [0.2, 0.25) is 5.91 Å². The van der Waals surface area contributed by atoms with Crippen molar-refractivity contribution in [2.24, 2.45) is 5.73 Å². The van der Waals surface area contributed by atoms with E-state index >= 15 is 0 Å². The number of carbonyl (C=O) groups excluding carboxylic acids is 2. The number of rotatable bonds is 3. The summed E-state index contributed by atoms with van der Waals surface area (Å²) in [6.07, 6.45) is -0.265. The summed E-state index contributed by atoms with van der Waals surface area (Å²) in [5.41, 5.74) is 5.05. The predicted molar refractivity (Wildman–Crippen MR) is 70.7 cm³/mol. The summed E-state index contributed by atoms with van der Waals surface area (Å²) in [6.45, 7) is 0. The lowest BCUT2D eigenvalue weighted by molar-refractivity contribution is -0.117. The van der Waals surface area contributed by atoms with E-state index in [1.165, 1.54) is 0 Å². The second kappa shape index (κ2) is 5.97. The molecule has 4 nitrogen and oxygen atoms in total. The van der Waals surface area contributed by atoms with Crippen molar-refractivity contribution in [3.8, 4) is 0 Å². The predicted octanol–water partition coefficient (Wildman–Crippen LogP) is 3.11. The molecule has 1 rings (SSSR count). The number of primary amides is 1. The van der Waals surface area contributed by atoms with Crippen molar-refractivity contribution in [2.75, 3.05) is 7.11 Å². The van der Waals surface area contributed by atoms with E-state index in [4.69, 9.17) is 52.1 Å². The van der Waals surface area contributed by atoms with Gasteiger partial charge in [-0.05, 0) is 0 Å². The lowest BCUT2D eigenvalue weighted by Gasteiger charge is -2.13. The van der Waals surface area contributed by atoms with Gasteiger partial charge in [0, 0.05) is 5.56 Å². The van der Waals surface area contributed by atoms with Crippen LogP contribution in [0.25, 0.3) is 0 Å². The van der Waals surface area contributed by atoms with Crippen LogP contribution in [0, 0.1) is 0 Å². The number of methoxy groups -OCH3 is 1. The molecule has 1 aromatic carbocycles. The van der Waals surface area contributed by atoms with Crippen LogP contribution in [0.5, 0.6) is 0 Å². The number of benzene rings is 1. The van der Waals surface area contributed by atoms with Crippen molar-refractivity contribution in [3.05, 3.63) is 31.2 Å². The first kappa shape index (κ1) is 15.4. The molecule has 0 bridgehead atoms. The number of hydrogen-bond donors (Lipinski definition) is 1. The fraction of sp³-hybridized carbons (Fsp3) is 0.200. The molecule has 0 unspecified atom stereocenters. The minimum Gasteiger partial charge on any atom is -0.465 e. The Hall–Kier alpha value is -0.680. The normalized spacial score (nSPS) is 10.3. The second-order valence-corrected chi connectivity index (χ2v) is 4.76. The van der Waals surface area contributed by atoms with Gasteiger partial charge in [0.15, 0.2) is 0 Å². The van der Waals surface area contributed by atoms with Crippen molar-refractivity contribution >= 4 is 58.3 Å². The van der Waals surface area contributed by atoms with E-state index in [-0.39, 0.29) is 37.6 Å². The molecule has 0 aliphatic rings. The summed E-state index contributed by atoms with van der Waals surface area (Å²) >= 11 is 23.6. The zero-order valence-corrected chi connectivity index (χ0v) is 12.0. The third-order valence-electron chi connectivity index (χ3n) is 2.09. The highest BCUT2D eigenvalue weighted by atomic mass is 35.5. The number of hydrogen-bond acceptors (Lipinski definition) is 3.